The van der Waals surface area contributed by atoms with Gasteiger partial charge in [-0.05, 0) is 81.1 Å². The van der Waals surface area contributed by atoms with Gasteiger partial charge in [0.05, 0.1) is 11.6 Å². The molecule has 3 heterocycles. The number of likely N-dealkylation sites (N-methyl/N-ethyl adjacent to an activating group) is 1. The SMILES string of the molecule is C[C@H]1CN(C(C(N)=O)C2CCN(C(=O)OC(C)(C)C)C2)Cc2cc(C(=O)Nc3ccc(CN4CCN(C)CC4)c(C(F)(F)F)c3)ccc21. The summed E-state index contributed by atoms with van der Waals surface area (Å²) in [5, 5.41) is 2.66. The van der Waals surface area contributed by atoms with Crippen molar-refractivity contribution in [3.8, 4) is 0 Å². The number of amides is 3. The maximum atomic E-state index is 14.1. The molecule has 0 aromatic heterocycles. The number of piperazine rings is 1. The zero-order chi connectivity index (χ0) is 35.0. The molecule has 0 radical (unpaired) electrons. The number of hydrogen-bond donors (Lipinski definition) is 2. The molecule has 13 heteroatoms. The lowest BCUT2D eigenvalue weighted by Crippen LogP contribution is -2.52. The van der Waals surface area contributed by atoms with Crippen molar-refractivity contribution >= 4 is 23.6 Å². The molecule has 2 fully saturated rings. The van der Waals surface area contributed by atoms with Crippen molar-refractivity contribution < 1.29 is 32.3 Å². The number of primary amides is 1. The third-order valence-electron chi connectivity index (χ3n) is 9.49. The lowest BCUT2D eigenvalue weighted by atomic mass is 9.86. The normalized spacial score (nSPS) is 21.9. The Morgan fingerprint density at radius 2 is 1.71 bits per heavy atom. The fraction of sp³-hybridized carbons (Fsp3) is 0.571. The number of ether oxygens (including phenoxy) is 1. The van der Waals surface area contributed by atoms with E-state index < -0.39 is 41.3 Å². The maximum absolute atomic E-state index is 14.1. The van der Waals surface area contributed by atoms with E-state index >= 15 is 0 Å². The fourth-order valence-electron chi connectivity index (χ4n) is 7.06. The van der Waals surface area contributed by atoms with Gasteiger partial charge < -0.3 is 25.6 Å². The largest absolute Gasteiger partial charge is 0.444 e. The highest BCUT2D eigenvalue weighted by Gasteiger charge is 2.41. The predicted octanol–water partition coefficient (Wildman–Crippen LogP) is 4.74. The van der Waals surface area contributed by atoms with Crippen molar-refractivity contribution in [3.63, 3.8) is 0 Å². The molecular weight excluding hydrogens is 625 g/mol. The number of benzene rings is 2. The minimum Gasteiger partial charge on any atom is -0.444 e. The quantitative estimate of drug-likeness (QED) is 0.438. The molecule has 3 N–H and O–H groups in total. The second-order valence-corrected chi connectivity index (χ2v) is 14.5. The number of fused-ring (bicyclic) bond motifs is 1. The van der Waals surface area contributed by atoms with E-state index in [1.807, 2.05) is 29.8 Å². The lowest BCUT2D eigenvalue weighted by molar-refractivity contribution is -0.138. The van der Waals surface area contributed by atoms with Gasteiger partial charge >= 0.3 is 12.3 Å². The Morgan fingerprint density at radius 1 is 1.00 bits per heavy atom. The molecule has 0 spiro atoms. The summed E-state index contributed by atoms with van der Waals surface area (Å²) in [5.41, 5.74) is 6.95. The zero-order valence-corrected chi connectivity index (χ0v) is 28.4. The van der Waals surface area contributed by atoms with Crippen molar-refractivity contribution in [2.45, 2.75) is 70.9 Å². The molecule has 0 aliphatic carbocycles. The summed E-state index contributed by atoms with van der Waals surface area (Å²) in [7, 11) is 1.99. The van der Waals surface area contributed by atoms with Crippen LogP contribution in [0.1, 0.15) is 72.6 Å². The highest BCUT2D eigenvalue weighted by Crippen LogP contribution is 2.36. The molecule has 10 nitrogen and oxygen atoms in total. The Kier molecular flexibility index (Phi) is 10.4. The molecule has 48 heavy (non-hydrogen) atoms. The Labute approximate surface area is 280 Å². The van der Waals surface area contributed by atoms with Crippen LogP contribution in [0.5, 0.6) is 0 Å². The Hall–Kier alpha value is -3.68. The van der Waals surface area contributed by atoms with Crippen LogP contribution in [0, 0.1) is 5.92 Å². The summed E-state index contributed by atoms with van der Waals surface area (Å²) in [4.78, 5) is 46.6. The number of carbonyl (C=O) groups excluding carboxylic acids is 3. The number of hydrogen-bond acceptors (Lipinski definition) is 7. The summed E-state index contributed by atoms with van der Waals surface area (Å²) in [6, 6.07) is 8.61. The van der Waals surface area contributed by atoms with Crippen LogP contribution in [0.3, 0.4) is 0 Å². The van der Waals surface area contributed by atoms with Crippen molar-refractivity contribution in [2.75, 3.05) is 58.2 Å². The van der Waals surface area contributed by atoms with Gasteiger partial charge in [0.2, 0.25) is 5.91 Å². The van der Waals surface area contributed by atoms with E-state index in [0.717, 1.165) is 30.3 Å². The molecule has 2 aromatic carbocycles. The van der Waals surface area contributed by atoms with Gasteiger partial charge in [-0.25, -0.2) is 4.79 Å². The topological polar surface area (TPSA) is 111 Å². The number of nitrogens with zero attached hydrogens (tertiary/aromatic N) is 4. The molecule has 3 atom stereocenters. The molecule has 0 bridgehead atoms. The molecular formula is C35H47F3N6O4. The van der Waals surface area contributed by atoms with E-state index in [2.05, 4.69) is 10.2 Å². The minimum atomic E-state index is -4.58. The van der Waals surface area contributed by atoms with Crippen molar-refractivity contribution in [2.24, 2.45) is 11.7 Å². The fourth-order valence-corrected chi connectivity index (χ4v) is 7.06. The smallest absolute Gasteiger partial charge is 0.416 e. The van der Waals surface area contributed by atoms with E-state index in [0.29, 0.717) is 51.3 Å². The van der Waals surface area contributed by atoms with Gasteiger partial charge in [-0.3, -0.25) is 19.4 Å². The number of halogens is 3. The number of alkyl halides is 3. The molecule has 0 saturated carbocycles. The summed E-state index contributed by atoms with van der Waals surface area (Å²) >= 11 is 0. The number of rotatable bonds is 7. The first-order valence-corrected chi connectivity index (χ1v) is 16.5. The Morgan fingerprint density at radius 3 is 2.35 bits per heavy atom. The lowest BCUT2D eigenvalue weighted by Gasteiger charge is -2.39. The van der Waals surface area contributed by atoms with Gasteiger partial charge in [0, 0.05) is 76.1 Å². The molecule has 2 aromatic rings. The highest BCUT2D eigenvalue weighted by molar-refractivity contribution is 6.04. The maximum Gasteiger partial charge on any atom is 0.416 e. The van der Waals surface area contributed by atoms with Crippen molar-refractivity contribution in [3.05, 3.63) is 64.2 Å². The van der Waals surface area contributed by atoms with Crippen LogP contribution in [0.2, 0.25) is 0 Å². The molecule has 3 amide bonds. The first kappa shape index (κ1) is 35.6. The molecule has 2 saturated heterocycles. The monoisotopic (exact) mass is 672 g/mol. The highest BCUT2D eigenvalue weighted by atomic mass is 19.4. The second kappa shape index (κ2) is 14.0. The van der Waals surface area contributed by atoms with Gasteiger partial charge in [0.1, 0.15) is 5.60 Å². The van der Waals surface area contributed by atoms with E-state index in [1.54, 1.807) is 37.8 Å². The minimum absolute atomic E-state index is 0.0262. The van der Waals surface area contributed by atoms with Gasteiger partial charge in [-0.15, -0.1) is 0 Å². The Bertz CT molecular complexity index is 1520. The summed E-state index contributed by atoms with van der Waals surface area (Å²) in [6.07, 6.45) is -4.40. The van der Waals surface area contributed by atoms with Gasteiger partial charge in [0.25, 0.3) is 5.91 Å². The van der Waals surface area contributed by atoms with Crippen molar-refractivity contribution in [1.82, 2.24) is 19.6 Å². The molecule has 3 aliphatic heterocycles. The summed E-state index contributed by atoms with van der Waals surface area (Å²) in [6.45, 7) is 12.3. The number of nitrogens with one attached hydrogen (secondary N) is 1. The summed E-state index contributed by atoms with van der Waals surface area (Å²) in [5.74, 6) is -1.17. The van der Waals surface area contributed by atoms with Crippen LogP contribution < -0.4 is 11.1 Å². The van der Waals surface area contributed by atoms with Crippen LogP contribution in [-0.2, 0) is 28.8 Å². The van der Waals surface area contributed by atoms with Crippen LogP contribution in [-0.4, -0.2) is 102 Å². The van der Waals surface area contributed by atoms with Gasteiger partial charge in [-0.2, -0.15) is 13.2 Å². The van der Waals surface area contributed by atoms with Crippen LogP contribution >= 0.6 is 0 Å². The molecule has 5 rings (SSSR count). The standard InChI is InChI=1S/C35H47F3N6O4/c1-22-18-44(30(31(39)45)25-10-11-43(20-25)33(47)48-34(2,3)4)21-26-16-23(7-9-28(22)26)32(46)40-27-8-6-24(29(17-27)35(36,37)38)19-42-14-12-41(5)13-15-42/h6-9,16-17,22,25,30H,10-15,18-21H2,1-5H3,(H2,39,45)(H,40,46)/t22-,25?,30?/m0/s1. The predicted molar refractivity (Wildman–Crippen MR) is 176 cm³/mol. The Balaban J connectivity index is 1.30. The third kappa shape index (κ3) is 8.48. The van der Waals surface area contributed by atoms with E-state index in [4.69, 9.17) is 10.5 Å². The number of nitrogens with two attached hydrogens (primary N) is 1. The number of likely N-dealkylation sites (tertiary alicyclic amines) is 1. The van der Waals surface area contributed by atoms with Gasteiger partial charge in [0.15, 0.2) is 0 Å². The molecule has 2 unspecified atom stereocenters. The molecule has 3 aliphatic rings. The van der Waals surface area contributed by atoms with Crippen LogP contribution in [0.25, 0.3) is 0 Å². The first-order chi connectivity index (χ1) is 22.5. The van der Waals surface area contributed by atoms with E-state index in [-0.39, 0.29) is 29.6 Å². The third-order valence-corrected chi connectivity index (χ3v) is 9.49. The van der Waals surface area contributed by atoms with E-state index in [9.17, 15) is 27.6 Å². The number of carbonyl (C=O) groups is 3. The van der Waals surface area contributed by atoms with Crippen LogP contribution in [0.4, 0.5) is 23.7 Å². The number of anilines is 1. The van der Waals surface area contributed by atoms with E-state index in [1.165, 1.54) is 12.1 Å². The second-order valence-electron chi connectivity index (χ2n) is 14.5. The average molecular weight is 673 g/mol. The summed E-state index contributed by atoms with van der Waals surface area (Å²) < 4.78 is 47.9. The average Bonchev–Trinajstić information content (AvgIpc) is 3.47. The zero-order valence-electron chi connectivity index (χ0n) is 28.4. The van der Waals surface area contributed by atoms with Crippen LogP contribution in [0.15, 0.2) is 36.4 Å². The van der Waals surface area contributed by atoms with Gasteiger partial charge in [-0.1, -0.05) is 19.1 Å². The first-order valence-electron chi connectivity index (χ1n) is 16.5. The van der Waals surface area contributed by atoms with Crippen molar-refractivity contribution in [1.29, 1.82) is 0 Å². The molecule has 262 valence electrons.